The van der Waals surface area contributed by atoms with E-state index >= 15 is 0 Å². The van der Waals surface area contributed by atoms with Crippen molar-refractivity contribution in [1.29, 1.82) is 0 Å². The molecule has 1 rings (SSSR count). The summed E-state index contributed by atoms with van der Waals surface area (Å²) in [6, 6.07) is 2.02. The monoisotopic (exact) mass is 380 g/mol. The summed E-state index contributed by atoms with van der Waals surface area (Å²) in [5.74, 6) is 1.38. The lowest BCUT2D eigenvalue weighted by molar-refractivity contribution is 0.251. The van der Waals surface area contributed by atoms with Crippen LogP contribution in [0.25, 0.3) is 0 Å². The van der Waals surface area contributed by atoms with E-state index in [4.69, 9.17) is 30.3 Å². The van der Waals surface area contributed by atoms with Crippen LogP contribution in [0.2, 0.25) is 0 Å². The zero-order valence-electron chi connectivity index (χ0n) is 14.1. The Bertz CT molecular complexity index is 495. The molecule has 0 aliphatic heterocycles. The van der Waals surface area contributed by atoms with Crippen molar-refractivity contribution >= 4 is 28.9 Å². The highest BCUT2D eigenvalue weighted by molar-refractivity contribution is 8.67. The molecule has 0 aliphatic rings. The first-order valence-electron chi connectivity index (χ1n) is 7.74. The molecule has 132 valence electrons. The van der Waals surface area contributed by atoms with Crippen LogP contribution in [0.4, 0.5) is 0 Å². The largest absolute Gasteiger partial charge is 0.478 e. The van der Waals surface area contributed by atoms with Gasteiger partial charge in [-0.05, 0) is 39.0 Å². The smallest absolute Gasteiger partial charge is 0.320 e. The first-order chi connectivity index (χ1) is 11.1. The lowest BCUT2D eigenvalue weighted by atomic mass is 10.4. The molecule has 1 aromatic heterocycles. The maximum Gasteiger partial charge on any atom is 0.320 e. The Morgan fingerprint density at radius 3 is 2.39 bits per heavy atom. The van der Waals surface area contributed by atoms with E-state index in [-0.39, 0.29) is 12.6 Å². The maximum atomic E-state index is 5.89. The highest BCUT2D eigenvalue weighted by atomic mass is 32.9. The first kappa shape index (κ1) is 20.6. The quantitative estimate of drug-likeness (QED) is 0.500. The van der Waals surface area contributed by atoms with E-state index in [9.17, 15) is 0 Å². The van der Waals surface area contributed by atoms with Crippen LogP contribution in [0, 0.1) is 0 Å². The molecule has 0 saturated carbocycles. The maximum absolute atomic E-state index is 5.89. The van der Waals surface area contributed by atoms with Crippen molar-refractivity contribution in [3.05, 3.63) is 11.8 Å². The SMILES string of the molecule is CCCS[P@@](=S)(OCC)OCc1cc(OCC)nc(OCC)n1. The molecule has 1 atom stereocenters. The molecule has 6 nitrogen and oxygen atoms in total. The van der Waals surface area contributed by atoms with Gasteiger partial charge in [-0.1, -0.05) is 18.3 Å². The molecule has 0 aliphatic carbocycles. The normalized spacial score (nSPS) is 13.6. The summed E-state index contributed by atoms with van der Waals surface area (Å²) in [7, 11) is 0. The van der Waals surface area contributed by atoms with Gasteiger partial charge in [-0.15, -0.1) is 0 Å². The van der Waals surface area contributed by atoms with Crippen molar-refractivity contribution < 1.29 is 18.5 Å². The molecule has 0 aromatic carbocycles. The van der Waals surface area contributed by atoms with Crippen LogP contribution in [0.15, 0.2) is 6.07 Å². The van der Waals surface area contributed by atoms with Crippen molar-refractivity contribution in [2.75, 3.05) is 25.6 Å². The average molecular weight is 380 g/mol. The van der Waals surface area contributed by atoms with Gasteiger partial charge in [0.2, 0.25) is 11.6 Å². The predicted octanol–water partition coefficient (Wildman–Crippen LogP) is 4.19. The van der Waals surface area contributed by atoms with E-state index in [1.807, 2.05) is 20.8 Å². The average Bonchev–Trinajstić information content (AvgIpc) is 2.52. The van der Waals surface area contributed by atoms with Gasteiger partial charge >= 0.3 is 6.01 Å². The standard InChI is InChI=1S/C14H25N2O4PS2/c1-5-9-23-21(22,19-8-4)20-11-12-10-13(17-6-2)16-14(15-12)18-7-3/h10H,5-9,11H2,1-4H3/t21-/m0/s1. The van der Waals surface area contributed by atoms with Gasteiger partial charge in [0.15, 0.2) is 0 Å². The molecule has 0 N–H and O–H groups in total. The summed E-state index contributed by atoms with van der Waals surface area (Å²) in [6.07, 6.45) is 1.02. The zero-order chi connectivity index (χ0) is 17.1. The Labute approximate surface area is 147 Å². The van der Waals surface area contributed by atoms with Crippen LogP contribution in [-0.2, 0) is 27.5 Å². The van der Waals surface area contributed by atoms with E-state index in [1.54, 1.807) is 17.4 Å². The van der Waals surface area contributed by atoms with Crippen molar-refractivity contribution in [3.63, 3.8) is 0 Å². The topological polar surface area (TPSA) is 62.7 Å². The molecule has 1 aromatic rings. The molecular formula is C14H25N2O4PS2. The van der Waals surface area contributed by atoms with E-state index in [0.717, 1.165) is 12.2 Å². The lowest BCUT2D eigenvalue weighted by Gasteiger charge is -2.20. The summed E-state index contributed by atoms with van der Waals surface area (Å²) in [6.45, 7) is 9.58. The van der Waals surface area contributed by atoms with Gasteiger partial charge in [-0.2, -0.15) is 9.97 Å². The highest BCUT2D eigenvalue weighted by Gasteiger charge is 2.20. The fourth-order valence-electron chi connectivity index (χ4n) is 1.56. The summed E-state index contributed by atoms with van der Waals surface area (Å²) in [5.41, 5.74) is -1.69. The third kappa shape index (κ3) is 7.81. The second-order valence-corrected chi connectivity index (χ2v) is 10.7. The van der Waals surface area contributed by atoms with Crippen LogP contribution in [-0.4, -0.2) is 35.5 Å². The number of hydrogen-bond acceptors (Lipinski definition) is 8. The Balaban J connectivity index is 2.82. The molecular weight excluding hydrogens is 355 g/mol. The molecule has 23 heavy (non-hydrogen) atoms. The van der Waals surface area contributed by atoms with Crippen molar-refractivity contribution in [3.8, 4) is 11.9 Å². The molecule has 9 heteroatoms. The Morgan fingerprint density at radius 2 is 1.78 bits per heavy atom. The number of aromatic nitrogens is 2. The number of hydrogen-bond donors (Lipinski definition) is 0. The molecule has 0 unspecified atom stereocenters. The predicted molar refractivity (Wildman–Crippen MR) is 97.8 cm³/mol. The lowest BCUT2D eigenvalue weighted by Crippen LogP contribution is -2.05. The summed E-state index contributed by atoms with van der Waals surface area (Å²) < 4.78 is 22.4. The zero-order valence-corrected chi connectivity index (χ0v) is 16.6. The van der Waals surface area contributed by atoms with Crippen molar-refractivity contribution in [1.82, 2.24) is 9.97 Å². The van der Waals surface area contributed by atoms with E-state index in [1.165, 1.54) is 0 Å². The number of ether oxygens (including phenoxy) is 2. The minimum Gasteiger partial charge on any atom is -0.478 e. The van der Waals surface area contributed by atoms with Crippen LogP contribution in [0.1, 0.15) is 39.8 Å². The van der Waals surface area contributed by atoms with Crippen LogP contribution >= 0.6 is 17.1 Å². The number of nitrogens with zero attached hydrogens (tertiary/aromatic N) is 2. The summed E-state index contributed by atoms with van der Waals surface area (Å²) >= 11 is 7.13. The molecule has 1 heterocycles. The summed E-state index contributed by atoms with van der Waals surface area (Å²) in [4.78, 5) is 8.50. The fraction of sp³-hybridized carbons (Fsp3) is 0.714. The molecule has 0 spiro atoms. The van der Waals surface area contributed by atoms with Gasteiger partial charge in [-0.25, -0.2) is 0 Å². The Hall–Kier alpha value is -0.400. The molecule has 0 saturated heterocycles. The Kier molecular flexibility index (Phi) is 10.1. The number of rotatable bonds is 12. The van der Waals surface area contributed by atoms with Crippen molar-refractivity contribution in [2.24, 2.45) is 0 Å². The second-order valence-electron chi connectivity index (χ2n) is 4.32. The summed E-state index contributed by atoms with van der Waals surface area (Å²) in [5, 5.41) is 0. The third-order valence-electron chi connectivity index (χ3n) is 2.41. The van der Waals surface area contributed by atoms with Crippen LogP contribution in [0.5, 0.6) is 11.9 Å². The second kappa shape index (κ2) is 11.2. The van der Waals surface area contributed by atoms with Crippen molar-refractivity contribution in [2.45, 2.75) is 40.7 Å². The third-order valence-corrected chi connectivity index (χ3v) is 8.05. The molecule has 0 radical (unpaired) electrons. The van der Waals surface area contributed by atoms with Gasteiger partial charge in [0, 0.05) is 11.8 Å². The van der Waals surface area contributed by atoms with Gasteiger partial charge in [0.05, 0.1) is 32.1 Å². The molecule has 0 fully saturated rings. The Morgan fingerprint density at radius 1 is 1.04 bits per heavy atom. The minimum atomic E-state index is -2.35. The highest BCUT2D eigenvalue weighted by Crippen LogP contribution is 2.61. The van der Waals surface area contributed by atoms with Crippen LogP contribution < -0.4 is 9.47 Å². The van der Waals surface area contributed by atoms with Gasteiger partial charge < -0.3 is 18.5 Å². The fourth-order valence-corrected chi connectivity index (χ4v) is 6.08. The van der Waals surface area contributed by atoms with E-state index < -0.39 is 5.69 Å². The first-order valence-corrected chi connectivity index (χ1v) is 12.0. The molecule has 0 bridgehead atoms. The van der Waals surface area contributed by atoms with E-state index in [0.29, 0.717) is 31.4 Å². The molecule has 0 amide bonds. The van der Waals surface area contributed by atoms with Gasteiger partial charge in [0.25, 0.3) is 0 Å². The minimum absolute atomic E-state index is 0.247. The van der Waals surface area contributed by atoms with Crippen LogP contribution in [0.3, 0.4) is 0 Å². The van der Waals surface area contributed by atoms with Gasteiger partial charge in [0.1, 0.15) is 0 Å². The van der Waals surface area contributed by atoms with E-state index in [2.05, 4.69) is 16.9 Å². The van der Waals surface area contributed by atoms with Gasteiger partial charge in [-0.3, -0.25) is 0 Å².